The Hall–Kier alpha value is -2.83. The number of nitrogens with one attached hydrogen (secondary N) is 1. The first kappa shape index (κ1) is 16.0. The summed E-state index contributed by atoms with van der Waals surface area (Å²) < 4.78 is 5.68. The van der Waals surface area contributed by atoms with Gasteiger partial charge in [-0.3, -0.25) is 9.59 Å². The van der Waals surface area contributed by atoms with Gasteiger partial charge in [0.1, 0.15) is 11.4 Å². The van der Waals surface area contributed by atoms with Crippen LogP contribution < -0.4 is 15.2 Å². The summed E-state index contributed by atoms with van der Waals surface area (Å²) in [4.78, 5) is 27.4. The largest absolute Gasteiger partial charge is 0.492 e. The van der Waals surface area contributed by atoms with Gasteiger partial charge in [0.2, 0.25) is 0 Å². The first-order chi connectivity index (χ1) is 11.7. The second kappa shape index (κ2) is 7.16. The van der Waals surface area contributed by atoms with Gasteiger partial charge in [-0.15, -0.1) is 0 Å². The quantitative estimate of drug-likeness (QED) is 0.910. The highest BCUT2D eigenvalue weighted by atomic mass is 16.5. The molecule has 1 aromatic carbocycles. The van der Waals surface area contributed by atoms with E-state index in [4.69, 9.17) is 4.74 Å². The molecule has 126 valence electrons. The highest BCUT2D eigenvalue weighted by Gasteiger charge is 2.24. The van der Waals surface area contributed by atoms with Crippen molar-refractivity contribution in [3.63, 3.8) is 0 Å². The maximum Gasteiger partial charge on any atom is 0.274 e. The lowest BCUT2D eigenvalue weighted by Gasteiger charge is -2.36. The molecule has 1 fully saturated rings. The minimum Gasteiger partial charge on any atom is -0.492 e. The Balaban J connectivity index is 1.66. The second-order valence-electron chi connectivity index (χ2n) is 5.49. The fraction of sp³-hybridized carbons (Fsp3) is 0.353. The van der Waals surface area contributed by atoms with E-state index in [2.05, 4.69) is 15.1 Å². The second-order valence-corrected chi connectivity index (χ2v) is 5.49. The first-order valence-corrected chi connectivity index (χ1v) is 8.01. The molecule has 24 heavy (non-hydrogen) atoms. The number of carbonyl (C=O) groups excluding carboxylic acids is 1. The summed E-state index contributed by atoms with van der Waals surface area (Å²) in [5.41, 5.74) is 0.996. The maximum absolute atomic E-state index is 12.4. The van der Waals surface area contributed by atoms with Crippen LogP contribution in [0.2, 0.25) is 0 Å². The number of ether oxygens (including phenoxy) is 1. The predicted molar refractivity (Wildman–Crippen MR) is 90.6 cm³/mol. The fourth-order valence-electron chi connectivity index (χ4n) is 2.77. The number of aromatic nitrogens is 2. The van der Waals surface area contributed by atoms with Crippen LogP contribution >= 0.6 is 0 Å². The summed E-state index contributed by atoms with van der Waals surface area (Å²) in [6.07, 6.45) is 0. The number of anilines is 1. The van der Waals surface area contributed by atoms with E-state index in [1.54, 1.807) is 4.90 Å². The van der Waals surface area contributed by atoms with Crippen LogP contribution in [0.15, 0.2) is 41.2 Å². The van der Waals surface area contributed by atoms with Crippen molar-refractivity contribution >= 4 is 11.6 Å². The molecule has 0 radical (unpaired) electrons. The van der Waals surface area contributed by atoms with Crippen LogP contribution in [0, 0.1) is 0 Å². The van der Waals surface area contributed by atoms with Crippen LogP contribution in [-0.2, 0) is 0 Å². The van der Waals surface area contributed by atoms with E-state index in [0.29, 0.717) is 19.7 Å². The van der Waals surface area contributed by atoms with Crippen molar-refractivity contribution in [1.82, 2.24) is 15.1 Å². The van der Waals surface area contributed by atoms with Crippen molar-refractivity contribution in [2.75, 3.05) is 37.7 Å². The molecule has 0 saturated carbocycles. The number of aromatic amines is 1. The van der Waals surface area contributed by atoms with Crippen molar-refractivity contribution in [2.24, 2.45) is 0 Å². The van der Waals surface area contributed by atoms with Gasteiger partial charge in [-0.05, 0) is 25.1 Å². The van der Waals surface area contributed by atoms with Crippen LogP contribution in [0.5, 0.6) is 5.75 Å². The average Bonchev–Trinajstić information content (AvgIpc) is 2.63. The number of hydrogen-bond donors (Lipinski definition) is 1. The Morgan fingerprint density at radius 1 is 1.17 bits per heavy atom. The van der Waals surface area contributed by atoms with E-state index in [1.807, 2.05) is 31.2 Å². The molecular formula is C17H20N4O3. The smallest absolute Gasteiger partial charge is 0.274 e. The summed E-state index contributed by atoms with van der Waals surface area (Å²) >= 11 is 0. The van der Waals surface area contributed by atoms with Gasteiger partial charge in [-0.2, -0.15) is 5.10 Å². The maximum atomic E-state index is 12.4. The number of nitrogens with zero attached hydrogens (tertiary/aromatic N) is 3. The molecule has 7 nitrogen and oxygen atoms in total. The van der Waals surface area contributed by atoms with Crippen molar-refractivity contribution in [3.05, 3.63) is 52.4 Å². The molecule has 1 N–H and O–H groups in total. The van der Waals surface area contributed by atoms with E-state index < -0.39 is 0 Å². The van der Waals surface area contributed by atoms with E-state index in [1.165, 1.54) is 12.1 Å². The monoisotopic (exact) mass is 328 g/mol. The Bertz CT molecular complexity index is 746. The molecule has 0 atom stereocenters. The fourth-order valence-corrected chi connectivity index (χ4v) is 2.77. The SMILES string of the molecule is CCOc1ccccc1N1CCN(C(=O)c2ccc(=O)[nH]n2)CC1. The Morgan fingerprint density at radius 2 is 1.92 bits per heavy atom. The molecule has 7 heteroatoms. The first-order valence-electron chi connectivity index (χ1n) is 8.01. The van der Waals surface area contributed by atoms with Gasteiger partial charge >= 0.3 is 0 Å². The molecule has 2 aromatic rings. The summed E-state index contributed by atoms with van der Waals surface area (Å²) in [7, 11) is 0. The minimum atomic E-state index is -0.316. The van der Waals surface area contributed by atoms with Gasteiger partial charge in [0.25, 0.3) is 11.5 Å². The topological polar surface area (TPSA) is 78.5 Å². The third-order valence-corrected chi connectivity index (χ3v) is 3.97. The van der Waals surface area contributed by atoms with Crippen LogP contribution in [0.3, 0.4) is 0 Å². The molecule has 1 aliphatic rings. The molecule has 0 aliphatic carbocycles. The summed E-state index contributed by atoms with van der Waals surface area (Å²) in [6.45, 7) is 5.22. The normalized spacial score (nSPS) is 14.5. The molecule has 0 bridgehead atoms. The number of rotatable bonds is 4. The third-order valence-electron chi connectivity index (χ3n) is 3.97. The number of benzene rings is 1. The Morgan fingerprint density at radius 3 is 2.58 bits per heavy atom. The number of H-pyrrole nitrogens is 1. The predicted octanol–water partition coefficient (Wildman–Crippen LogP) is 1.13. The van der Waals surface area contributed by atoms with E-state index in [-0.39, 0.29) is 17.2 Å². The van der Waals surface area contributed by atoms with Crippen molar-refractivity contribution < 1.29 is 9.53 Å². The van der Waals surface area contributed by atoms with Gasteiger partial charge < -0.3 is 14.5 Å². The highest BCUT2D eigenvalue weighted by molar-refractivity contribution is 5.92. The minimum absolute atomic E-state index is 0.163. The standard InChI is InChI=1S/C17H20N4O3/c1-2-24-15-6-4-3-5-14(15)20-9-11-21(12-10-20)17(23)13-7-8-16(22)19-18-13/h3-8H,2,9-12H2,1H3,(H,19,22). The molecule has 0 spiro atoms. The van der Waals surface area contributed by atoms with Gasteiger partial charge in [-0.25, -0.2) is 5.10 Å². The molecule has 1 aliphatic heterocycles. The van der Waals surface area contributed by atoms with Crippen molar-refractivity contribution in [3.8, 4) is 5.75 Å². The average molecular weight is 328 g/mol. The number of hydrogen-bond acceptors (Lipinski definition) is 5. The molecule has 2 heterocycles. The molecule has 1 aromatic heterocycles. The number of para-hydroxylation sites is 2. The van der Waals surface area contributed by atoms with Gasteiger partial charge in [0.15, 0.2) is 0 Å². The lowest BCUT2D eigenvalue weighted by atomic mass is 10.2. The zero-order valence-electron chi connectivity index (χ0n) is 13.6. The summed E-state index contributed by atoms with van der Waals surface area (Å²) in [5.74, 6) is 0.700. The van der Waals surface area contributed by atoms with Crippen LogP contribution in [0.4, 0.5) is 5.69 Å². The molecule has 0 unspecified atom stereocenters. The lowest BCUT2D eigenvalue weighted by Crippen LogP contribution is -2.49. The van der Waals surface area contributed by atoms with Crippen LogP contribution in [0.25, 0.3) is 0 Å². The molecule has 3 rings (SSSR count). The van der Waals surface area contributed by atoms with Crippen LogP contribution in [0.1, 0.15) is 17.4 Å². The number of piperazine rings is 1. The van der Waals surface area contributed by atoms with E-state index in [0.717, 1.165) is 24.5 Å². The highest BCUT2D eigenvalue weighted by Crippen LogP contribution is 2.28. The lowest BCUT2D eigenvalue weighted by molar-refractivity contribution is 0.0739. The van der Waals surface area contributed by atoms with Gasteiger partial charge in [0, 0.05) is 32.2 Å². The van der Waals surface area contributed by atoms with E-state index in [9.17, 15) is 9.59 Å². The van der Waals surface area contributed by atoms with Crippen LogP contribution in [-0.4, -0.2) is 53.8 Å². The van der Waals surface area contributed by atoms with Gasteiger partial charge in [0.05, 0.1) is 12.3 Å². The zero-order valence-corrected chi connectivity index (χ0v) is 13.6. The van der Waals surface area contributed by atoms with Crippen molar-refractivity contribution in [1.29, 1.82) is 0 Å². The molecule has 1 saturated heterocycles. The zero-order chi connectivity index (χ0) is 16.9. The molecular weight excluding hydrogens is 308 g/mol. The van der Waals surface area contributed by atoms with E-state index >= 15 is 0 Å². The molecule has 1 amide bonds. The van der Waals surface area contributed by atoms with Crippen molar-refractivity contribution in [2.45, 2.75) is 6.92 Å². The Kier molecular flexibility index (Phi) is 4.79. The Labute approximate surface area is 139 Å². The number of amides is 1. The summed E-state index contributed by atoms with van der Waals surface area (Å²) in [5, 5.41) is 6.10. The van der Waals surface area contributed by atoms with Gasteiger partial charge in [-0.1, -0.05) is 12.1 Å². The number of carbonyl (C=O) groups is 1. The summed E-state index contributed by atoms with van der Waals surface area (Å²) in [6, 6.07) is 10.7. The third kappa shape index (κ3) is 3.40.